The summed E-state index contributed by atoms with van der Waals surface area (Å²) in [6, 6.07) is 23.1. The number of amides is 1. The normalized spacial score (nSPS) is 16.6. The van der Waals surface area contributed by atoms with Gasteiger partial charge in [-0.25, -0.2) is 0 Å². The Kier molecular flexibility index (Phi) is 5.16. The van der Waals surface area contributed by atoms with E-state index in [1.54, 1.807) is 4.90 Å². The fourth-order valence-corrected chi connectivity index (χ4v) is 3.85. The predicted molar refractivity (Wildman–Crippen MR) is 117 cm³/mol. The van der Waals surface area contributed by atoms with Gasteiger partial charge < -0.3 is 10.0 Å². The van der Waals surface area contributed by atoms with Crippen LogP contribution in [0.25, 0.3) is 5.57 Å². The van der Waals surface area contributed by atoms with Crippen molar-refractivity contribution in [1.82, 2.24) is 4.90 Å². The van der Waals surface area contributed by atoms with Crippen LogP contribution in [-0.2, 0) is 11.3 Å². The maximum Gasteiger partial charge on any atom is 0.290 e. The molecule has 0 fully saturated rings. The smallest absolute Gasteiger partial charge is 0.290 e. The van der Waals surface area contributed by atoms with E-state index in [2.05, 4.69) is 0 Å². The summed E-state index contributed by atoms with van der Waals surface area (Å²) in [7, 11) is 0. The van der Waals surface area contributed by atoms with Gasteiger partial charge in [0, 0.05) is 17.1 Å². The molecule has 29 heavy (non-hydrogen) atoms. The topological polar surface area (TPSA) is 40.5 Å². The van der Waals surface area contributed by atoms with Gasteiger partial charge in [0.05, 0.1) is 6.04 Å². The Morgan fingerprint density at radius 1 is 0.862 bits per heavy atom. The van der Waals surface area contributed by atoms with Crippen molar-refractivity contribution < 1.29 is 9.90 Å². The average molecular weight is 404 g/mol. The molecule has 0 bridgehead atoms. The standard InChI is InChI=1S/C25H22ClNO2/c1-16-3-9-19(10-4-16)22-23(20-11-5-17(2)6-12-20)27(25(29)24(22)28)15-18-7-13-21(26)14-8-18/h3-14,23,28H,15H2,1-2H3/t23-/m0/s1. The minimum atomic E-state index is -0.360. The molecular weight excluding hydrogens is 382 g/mol. The summed E-state index contributed by atoms with van der Waals surface area (Å²) in [5.41, 5.74) is 5.70. The lowest BCUT2D eigenvalue weighted by Crippen LogP contribution is -2.29. The van der Waals surface area contributed by atoms with E-state index in [0.29, 0.717) is 17.1 Å². The number of nitrogens with zero attached hydrogens (tertiary/aromatic N) is 1. The SMILES string of the molecule is Cc1ccc(C2=C(O)C(=O)N(Cc3ccc(Cl)cc3)[C@H]2c2ccc(C)cc2)cc1. The number of hydrogen-bond acceptors (Lipinski definition) is 2. The molecule has 1 aliphatic heterocycles. The third kappa shape index (κ3) is 3.79. The number of carbonyl (C=O) groups is 1. The van der Waals surface area contributed by atoms with Crippen LogP contribution in [0.5, 0.6) is 0 Å². The van der Waals surface area contributed by atoms with Crippen LogP contribution < -0.4 is 0 Å². The van der Waals surface area contributed by atoms with E-state index in [9.17, 15) is 9.90 Å². The van der Waals surface area contributed by atoms with Gasteiger partial charge in [-0.15, -0.1) is 0 Å². The fraction of sp³-hybridized carbons (Fsp3) is 0.160. The van der Waals surface area contributed by atoms with Crippen LogP contribution in [-0.4, -0.2) is 15.9 Å². The van der Waals surface area contributed by atoms with Crippen LogP contribution in [0.4, 0.5) is 0 Å². The molecule has 0 saturated carbocycles. The fourth-order valence-electron chi connectivity index (χ4n) is 3.73. The highest BCUT2D eigenvalue weighted by Crippen LogP contribution is 2.43. The summed E-state index contributed by atoms with van der Waals surface area (Å²) in [4.78, 5) is 14.8. The molecule has 4 heteroatoms. The lowest BCUT2D eigenvalue weighted by Gasteiger charge is -2.27. The molecule has 146 valence electrons. The Hall–Kier alpha value is -3.04. The van der Waals surface area contributed by atoms with Gasteiger partial charge in [-0.05, 0) is 42.7 Å². The van der Waals surface area contributed by atoms with Crippen LogP contribution in [0.3, 0.4) is 0 Å². The van der Waals surface area contributed by atoms with Gasteiger partial charge in [0.25, 0.3) is 5.91 Å². The molecule has 4 rings (SSSR count). The summed E-state index contributed by atoms with van der Waals surface area (Å²) in [5.74, 6) is -0.547. The molecule has 1 aliphatic rings. The van der Waals surface area contributed by atoms with Gasteiger partial charge >= 0.3 is 0 Å². The Labute approximate surface area is 175 Å². The van der Waals surface area contributed by atoms with Crippen molar-refractivity contribution in [1.29, 1.82) is 0 Å². The van der Waals surface area contributed by atoms with Crippen molar-refractivity contribution >= 4 is 23.1 Å². The number of carbonyl (C=O) groups excluding carboxylic acids is 1. The van der Waals surface area contributed by atoms with Crippen molar-refractivity contribution in [2.45, 2.75) is 26.4 Å². The molecule has 1 N–H and O–H groups in total. The van der Waals surface area contributed by atoms with Gasteiger partial charge in [0.2, 0.25) is 0 Å². The zero-order chi connectivity index (χ0) is 20.5. The largest absolute Gasteiger partial charge is 0.503 e. The second-order valence-electron chi connectivity index (χ2n) is 7.50. The third-order valence-corrected chi connectivity index (χ3v) is 5.58. The van der Waals surface area contributed by atoms with Gasteiger partial charge in [-0.1, -0.05) is 83.4 Å². The summed E-state index contributed by atoms with van der Waals surface area (Å²) in [6.07, 6.45) is 0. The van der Waals surface area contributed by atoms with Crippen molar-refractivity contribution in [2.75, 3.05) is 0 Å². The second kappa shape index (κ2) is 7.76. The molecule has 0 radical (unpaired) electrons. The number of halogens is 1. The maximum absolute atomic E-state index is 13.1. The summed E-state index contributed by atoms with van der Waals surface area (Å²) < 4.78 is 0. The number of aryl methyl sites for hydroxylation is 2. The highest BCUT2D eigenvalue weighted by atomic mass is 35.5. The van der Waals surface area contributed by atoms with E-state index in [4.69, 9.17) is 11.6 Å². The molecule has 0 aliphatic carbocycles. The third-order valence-electron chi connectivity index (χ3n) is 5.33. The van der Waals surface area contributed by atoms with Gasteiger partial charge in [0.1, 0.15) is 0 Å². The van der Waals surface area contributed by atoms with Crippen molar-refractivity contribution in [3.63, 3.8) is 0 Å². The minimum absolute atomic E-state index is 0.187. The summed E-state index contributed by atoms with van der Waals surface area (Å²) in [5, 5.41) is 11.5. The molecule has 0 aromatic heterocycles. The molecular formula is C25H22ClNO2. The Morgan fingerprint density at radius 3 is 2.00 bits per heavy atom. The van der Waals surface area contributed by atoms with Crippen LogP contribution in [0, 0.1) is 13.8 Å². The summed E-state index contributed by atoms with van der Waals surface area (Å²) >= 11 is 6.01. The molecule has 1 amide bonds. The van der Waals surface area contributed by atoms with Crippen LogP contribution in [0.15, 0.2) is 78.6 Å². The minimum Gasteiger partial charge on any atom is -0.503 e. The van der Waals surface area contributed by atoms with Gasteiger partial charge in [-0.2, -0.15) is 0 Å². The van der Waals surface area contributed by atoms with E-state index in [1.165, 1.54) is 0 Å². The lowest BCUT2D eigenvalue weighted by molar-refractivity contribution is -0.130. The van der Waals surface area contributed by atoms with E-state index < -0.39 is 0 Å². The maximum atomic E-state index is 13.1. The Morgan fingerprint density at radius 2 is 1.41 bits per heavy atom. The van der Waals surface area contributed by atoms with E-state index in [1.807, 2.05) is 86.6 Å². The first kappa shape index (κ1) is 19.3. The van der Waals surface area contributed by atoms with E-state index in [0.717, 1.165) is 27.8 Å². The zero-order valence-corrected chi connectivity index (χ0v) is 17.1. The zero-order valence-electron chi connectivity index (χ0n) is 16.4. The van der Waals surface area contributed by atoms with Crippen LogP contribution >= 0.6 is 11.6 Å². The highest BCUT2D eigenvalue weighted by Gasteiger charge is 2.40. The quantitative estimate of drug-likeness (QED) is 0.579. The van der Waals surface area contributed by atoms with Crippen molar-refractivity contribution in [2.24, 2.45) is 0 Å². The average Bonchev–Trinajstić information content (AvgIpc) is 2.96. The molecule has 0 unspecified atom stereocenters. The molecule has 1 atom stereocenters. The number of benzene rings is 3. The molecule has 3 aromatic carbocycles. The number of rotatable bonds is 4. The molecule has 3 aromatic rings. The molecule has 1 heterocycles. The van der Waals surface area contributed by atoms with E-state index in [-0.39, 0.29) is 17.7 Å². The molecule has 0 spiro atoms. The van der Waals surface area contributed by atoms with Crippen molar-refractivity contribution in [3.05, 3.63) is 111 Å². The summed E-state index contributed by atoms with van der Waals surface area (Å²) in [6.45, 7) is 4.43. The Balaban J connectivity index is 1.80. The van der Waals surface area contributed by atoms with Gasteiger partial charge in [0.15, 0.2) is 5.76 Å². The first-order valence-electron chi connectivity index (χ1n) is 9.56. The monoisotopic (exact) mass is 403 g/mol. The Bertz CT molecular complexity index is 1070. The number of hydrogen-bond donors (Lipinski definition) is 1. The van der Waals surface area contributed by atoms with E-state index >= 15 is 0 Å². The van der Waals surface area contributed by atoms with Crippen molar-refractivity contribution in [3.8, 4) is 0 Å². The first-order chi connectivity index (χ1) is 13.9. The lowest BCUT2D eigenvalue weighted by atomic mass is 9.92. The predicted octanol–water partition coefficient (Wildman–Crippen LogP) is 6.01. The number of aliphatic hydroxyl groups excluding tert-OH is 1. The second-order valence-corrected chi connectivity index (χ2v) is 7.94. The highest BCUT2D eigenvalue weighted by molar-refractivity contribution is 6.30. The number of aliphatic hydroxyl groups is 1. The molecule has 0 saturated heterocycles. The van der Waals surface area contributed by atoms with Crippen LogP contribution in [0.2, 0.25) is 5.02 Å². The van der Waals surface area contributed by atoms with Gasteiger partial charge in [-0.3, -0.25) is 4.79 Å². The molecule has 3 nitrogen and oxygen atoms in total. The first-order valence-corrected chi connectivity index (χ1v) is 9.94. The van der Waals surface area contributed by atoms with Crippen LogP contribution in [0.1, 0.15) is 33.9 Å².